The minimum absolute atomic E-state index is 0.153. The summed E-state index contributed by atoms with van der Waals surface area (Å²) in [5.41, 5.74) is 0.703. The molecule has 0 aromatic heterocycles. The number of hydrogen-bond acceptors (Lipinski definition) is 5. The summed E-state index contributed by atoms with van der Waals surface area (Å²) >= 11 is 1.49. The lowest BCUT2D eigenvalue weighted by Gasteiger charge is -2.29. The highest BCUT2D eigenvalue weighted by molar-refractivity contribution is 7.99. The van der Waals surface area contributed by atoms with Crippen molar-refractivity contribution in [1.82, 2.24) is 15.1 Å². The maximum Gasteiger partial charge on any atom is 0.243 e. The van der Waals surface area contributed by atoms with Crippen molar-refractivity contribution in [3.05, 3.63) is 35.6 Å². The van der Waals surface area contributed by atoms with E-state index in [2.05, 4.69) is 10.2 Å². The van der Waals surface area contributed by atoms with Gasteiger partial charge < -0.3 is 15.0 Å². The first-order valence-corrected chi connectivity index (χ1v) is 9.85. The highest BCUT2D eigenvalue weighted by atomic mass is 32.2. The lowest BCUT2D eigenvalue weighted by atomic mass is 10.1. The van der Waals surface area contributed by atoms with E-state index in [1.54, 1.807) is 17.0 Å². The number of rotatable bonds is 5. The second kappa shape index (κ2) is 8.83. The molecule has 2 aliphatic rings. The molecule has 0 aliphatic carbocycles. The number of morpholine rings is 1. The van der Waals surface area contributed by atoms with Crippen LogP contribution in [0.5, 0.6) is 0 Å². The number of carbonyl (C=O) groups is 2. The van der Waals surface area contributed by atoms with Crippen molar-refractivity contribution >= 4 is 23.6 Å². The highest BCUT2D eigenvalue weighted by Crippen LogP contribution is 2.41. The molecule has 1 aromatic carbocycles. The van der Waals surface area contributed by atoms with Crippen LogP contribution < -0.4 is 5.32 Å². The van der Waals surface area contributed by atoms with Crippen molar-refractivity contribution < 1.29 is 18.7 Å². The van der Waals surface area contributed by atoms with Gasteiger partial charge >= 0.3 is 0 Å². The summed E-state index contributed by atoms with van der Waals surface area (Å²) in [4.78, 5) is 28.6. The Labute approximate surface area is 157 Å². The topological polar surface area (TPSA) is 61.9 Å². The Kier molecular flexibility index (Phi) is 6.50. The zero-order valence-electron chi connectivity index (χ0n) is 14.8. The van der Waals surface area contributed by atoms with Crippen LogP contribution >= 0.6 is 11.8 Å². The minimum Gasteiger partial charge on any atom is -0.379 e. The number of hydrogen-bond donors (Lipinski definition) is 1. The second-order valence-corrected chi connectivity index (χ2v) is 7.54. The van der Waals surface area contributed by atoms with Crippen LogP contribution in [0.15, 0.2) is 24.3 Å². The lowest BCUT2D eigenvalue weighted by Crippen LogP contribution is -2.49. The van der Waals surface area contributed by atoms with Crippen molar-refractivity contribution in [2.45, 2.75) is 18.3 Å². The van der Waals surface area contributed by atoms with Gasteiger partial charge in [-0.3, -0.25) is 14.5 Å². The van der Waals surface area contributed by atoms with Gasteiger partial charge in [0.1, 0.15) is 17.2 Å². The first-order chi connectivity index (χ1) is 12.6. The normalized spacial score (nSPS) is 23.8. The number of carbonyl (C=O) groups excluding carboxylic acids is 2. The fraction of sp³-hybridized carbons (Fsp3) is 0.556. The molecular formula is C18H24FN3O3S. The van der Waals surface area contributed by atoms with Crippen LogP contribution in [0.1, 0.15) is 17.9 Å². The summed E-state index contributed by atoms with van der Waals surface area (Å²) in [6.07, 6.45) is 0. The summed E-state index contributed by atoms with van der Waals surface area (Å²) in [5, 5.41) is 2.60. The van der Waals surface area contributed by atoms with Crippen LogP contribution in [0.25, 0.3) is 0 Å². The molecule has 1 aromatic rings. The van der Waals surface area contributed by atoms with Gasteiger partial charge in [0.05, 0.1) is 13.2 Å². The fourth-order valence-corrected chi connectivity index (χ4v) is 4.76. The molecule has 142 valence electrons. The van der Waals surface area contributed by atoms with E-state index in [1.165, 1.54) is 30.8 Å². The Morgan fingerprint density at radius 2 is 2.12 bits per heavy atom. The monoisotopic (exact) mass is 381 g/mol. The molecule has 8 heteroatoms. The molecule has 2 aliphatic heterocycles. The van der Waals surface area contributed by atoms with E-state index in [0.717, 1.165) is 32.8 Å². The summed E-state index contributed by atoms with van der Waals surface area (Å²) in [6.45, 7) is 5.94. The average Bonchev–Trinajstić information content (AvgIpc) is 3.08. The summed E-state index contributed by atoms with van der Waals surface area (Å²) < 4.78 is 18.9. The third-order valence-corrected chi connectivity index (χ3v) is 5.95. The first kappa shape index (κ1) is 19.1. The van der Waals surface area contributed by atoms with Gasteiger partial charge in [0, 0.05) is 38.9 Å². The van der Waals surface area contributed by atoms with Crippen molar-refractivity contribution in [2.24, 2.45) is 0 Å². The predicted molar refractivity (Wildman–Crippen MR) is 98.2 cm³/mol. The molecule has 2 unspecified atom stereocenters. The Morgan fingerprint density at radius 3 is 2.81 bits per heavy atom. The number of nitrogens with one attached hydrogen (secondary N) is 1. The van der Waals surface area contributed by atoms with E-state index in [4.69, 9.17) is 4.74 Å². The number of amides is 2. The summed E-state index contributed by atoms with van der Waals surface area (Å²) in [5.74, 6) is -0.174. The van der Waals surface area contributed by atoms with E-state index >= 15 is 0 Å². The number of ether oxygens (including phenoxy) is 1. The fourth-order valence-electron chi connectivity index (χ4n) is 3.29. The van der Waals surface area contributed by atoms with Crippen molar-refractivity contribution in [1.29, 1.82) is 0 Å². The molecule has 2 fully saturated rings. The predicted octanol–water partition coefficient (Wildman–Crippen LogP) is 1.24. The van der Waals surface area contributed by atoms with Crippen molar-refractivity contribution in [3.8, 4) is 0 Å². The number of thioether (sulfide) groups is 1. The van der Waals surface area contributed by atoms with E-state index in [-0.39, 0.29) is 23.0 Å². The Balaban J connectivity index is 1.59. The molecule has 2 heterocycles. The van der Waals surface area contributed by atoms with Crippen molar-refractivity contribution in [3.63, 3.8) is 0 Å². The van der Waals surface area contributed by atoms with E-state index in [9.17, 15) is 14.0 Å². The van der Waals surface area contributed by atoms with E-state index < -0.39 is 6.04 Å². The molecule has 2 atom stereocenters. The molecule has 0 saturated carbocycles. The maximum absolute atomic E-state index is 13.5. The van der Waals surface area contributed by atoms with Gasteiger partial charge in [-0.25, -0.2) is 4.39 Å². The van der Waals surface area contributed by atoms with Crippen LogP contribution in [0, 0.1) is 5.82 Å². The van der Waals surface area contributed by atoms with Gasteiger partial charge in [0.2, 0.25) is 11.8 Å². The zero-order valence-corrected chi connectivity index (χ0v) is 15.6. The summed E-state index contributed by atoms with van der Waals surface area (Å²) in [7, 11) is 0. The Bertz CT molecular complexity index is 654. The van der Waals surface area contributed by atoms with Crippen LogP contribution in [0.3, 0.4) is 0 Å². The molecule has 0 bridgehead atoms. The van der Waals surface area contributed by atoms with Gasteiger partial charge in [0.15, 0.2) is 0 Å². The average molecular weight is 381 g/mol. The lowest BCUT2D eigenvalue weighted by molar-refractivity contribution is -0.138. The van der Waals surface area contributed by atoms with Gasteiger partial charge in [-0.15, -0.1) is 11.8 Å². The number of nitrogens with zero attached hydrogens (tertiary/aromatic N) is 2. The molecule has 0 radical (unpaired) electrons. The van der Waals surface area contributed by atoms with Crippen LogP contribution in [0.2, 0.25) is 0 Å². The molecular weight excluding hydrogens is 357 g/mol. The largest absolute Gasteiger partial charge is 0.379 e. The van der Waals surface area contributed by atoms with Crippen LogP contribution in [-0.2, 0) is 14.3 Å². The molecule has 2 saturated heterocycles. The Morgan fingerprint density at radius 1 is 1.35 bits per heavy atom. The quantitative estimate of drug-likeness (QED) is 0.832. The second-order valence-electron chi connectivity index (χ2n) is 6.43. The Hall–Kier alpha value is -1.64. The standard InChI is InChI=1S/C18H24FN3O3S/c1-13(23)22-16(12-26-18(22)14-3-2-4-15(19)11-14)17(24)20-5-6-21-7-9-25-10-8-21/h2-4,11,16,18H,5-10,12H2,1H3,(H,20,24). The molecule has 26 heavy (non-hydrogen) atoms. The molecule has 3 rings (SSSR count). The summed E-state index contributed by atoms with van der Waals surface area (Å²) in [6, 6.07) is 5.67. The SMILES string of the molecule is CC(=O)N1C(C(=O)NCCN2CCOCC2)CSC1c1cccc(F)c1. The van der Waals surface area contributed by atoms with E-state index in [0.29, 0.717) is 17.9 Å². The van der Waals surface area contributed by atoms with Gasteiger partial charge in [0.25, 0.3) is 0 Å². The van der Waals surface area contributed by atoms with Crippen molar-refractivity contribution in [2.75, 3.05) is 45.1 Å². The van der Waals surface area contributed by atoms with Gasteiger partial charge in [-0.1, -0.05) is 12.1 Å². The van der Waals surface area contributed by atoms with E-state index in [1.807, 2.05) is 0 Å². The zero-order chi connectivity index (χ0) is 18.5. The van der Waals surface area contributed by atoms with Crippen LogP contribution in [-0.4, -0.2) is 72.8 Å². The highest BCUT2D eigenvalue weighted by Gasteiger charge is 2.40. The smallest absolute Gasteiger partial charge is 0.243 e. The third kappa shape index (κ3) is 4.55. The maximum atomic E-state index is 13.5. The number of benzene rings is 1. The first-order valence-electron chi connectivity index (χ1n) is 8.80. The third-order valence-electron chi connectivity index (χ3n) is 4.63. The van der Waals surface area contributed by atoms with Crippen LogP contribution in [0.4, 0.5) is 4.39 Å². The molecule has 1 N–H and O–H groups in total. The molecule has 2 amide bonds. The van der Waals surface area contributed by atoms with Gasteiger partial charge in [-0.2, -0.15) is 0 Å². The number of halogens is 1. The molecule has 0 spiro atoms. The minimum atomic E-state index is -0.532. The van der Waals surface area contributed by atoms with Gasteiger partial charge in [-0.05, 0) is 17.7 Å². The molecule has 6 nitrogen and oxygen atoms in total.